The maximum atomic E-state index is 13.0. The van der Waals surface area contributed by atoms with E-state index in [4.69, 9.17) is 4.42 Å². The first-order valence-corrected chi connectivity index (χ1v) is 9.71. The van der Waals surface area contributed by atoms with E-state index < -0.39 is 5.41 Å². The van der Waals surface area contributed by atoms with Gasteiger partial charge in [-0.25, -0.2) is 0 Å². The van der Waals surface area contributed by atoms with Crippen LogP contribution in [0.15, 0.2) is 41.0 Å². The smallest absolute Gasteiger partial charge is 0.289 e. The van der Waals surface area contributed by atoms with Crippen molar-refractivity contribution in [2.24, 2.45) is 5.41 Å². The summed E-state index contributed by atoms with van der Waals surface area (Å²) in [6.07, 6.45) is 1.46. The number of hydrogen-bond donors (Lipinski definition) is 1. The highest BCUT2D eigenvalue weighted by Gasteiger charge is 2.40. The Bertz CT molecular complexity index is 910. The number of hydrogen-bond acceptors (Lipinski definition) is 4. The van der Waals surface area contributed by atoms with Crippen LogP contribution in [0.2, 0.25) is 0 Å². The molecular weight excluding hydrogens is 370 g/mol. The zero-order valence-corrected chi connectivity index (χ0v) is 17.3. The lowest BCUT2D eigenvalue weighted by atomic mass is 9.89. The molecule has 1 aromatic carbocycles. The molecule has 0 unspecified atom stereocenters. The van der Waals surface area contributed by atoms with Crippen LogP contribution in [0.4, 0.5) is 5.69 Å². The van der Waals surface area contributed by atoms with Crippen LogP contribution in [0.25, 0.3) is 0 Å². The first kappa shape index (κ1) is 20.6. The average Bonchev–Trinajstić information content (AvgIpc) is 3.23. The van der Waals surface area contributed by atoms with E-state index in [1.165, 1.54) is 6.26 Å². The van der Waals surface area contributed by atoms with Gasteiger partial charge in [-0.05, 0) is 51.5 Å². The van der Waals surface area contributed by atoms with Crippen molar-refractivity contribution in [1.82, 2.24) is 9.80 Å². The first-order chi connectivity index (χ1) is 13.7. The largest absolute Gasteiger partial charge is 0.459 e. The molecule has 1 aromatic heterocycles. The van der Waals surface area contributed by atoms with Crippen LogP contribution < -0.4 is 5.32 Å². The number of nitrogens with one attached hydrogen (secondary N) is 1. The predicted molar refractivity (Wildman–Crippen MR) is 110 cm³/mol. The minimum atomic E-state index is -1.22. The highest BCUT2D eigenvalue weighted by Crippen LogP contribution is 2.25. The van der Waals surface area contributed by atoms with Gasteiger partial charge >= 0.3 is 0 Å². The fourth-order valence-electron chi connectivity index (χ4n) is 3.39. The van der Waals surface area contributed by atoms with Crippen LogP contribution in [-0.4, -0.2) is 53.7 Å². The topological polar surface area (TPSA) is 82.9 Å². The zero-order chi connectivity index (χ0) is 21.2. The molecule has 2 heterocycles. The van der Waals surface area contributed by atoms with Gasteiger partial charge in [-0.15, -0.1) is 0 Å². The summed E-state index contributed by atoms with van der Waals surface area (Å²) in [5, 5.41) is 2.88. The molecule has 154 valence electrons. The van der Waals surface area contributed by atoms with Gasteiger partial charge in [-0.2, -0.15) is 0 Å². The van der Waals surface area contributed by atoms with Gasteiger partial charge in [-0.3, -0.25) is 14.4 Å². The molecule has 1 saturated heterocycles. The first-order valence-electron chi connectivity index (χ1n) is 9.71. The number of carbonyl (C=O) groups is 3. The Kier molecular flexibility index (Phi) is 5.77. The molecule has 3 rings (SSSR count). The third kappa shape index (κ3) is 4.34. The lowest BCUT2D eigenvalue weighted by Gasteiger charge is -2.37. The molecular formula is C22H27N3O4. The summed E-state index contributed by atoms with van der Waals surface area (Å²) in [5.41, 5.74) is 1.55. The molecule has 3 amide bonds. The zero-order valence-electron chi connectivity index (χ0n) is 17.3. The van der Waals surface area contributed by atoms with Crippen molar-refractivity contribution in [3.05, 3.63) is 53.5 Å². The van der Waals surface area contributed by atoms with Crippen LogP contribution in [0.5, 0.6) is 0 Å². The molecule has 0 atom stereocenters. The van der Waals surface area contributed by atoms with E-state index in [9.17, 15) is 14.4 Å². The highest BCUT2D eigenvalue weighted by molar-refractivity contribution is 6.10. The number of furan rings is 1. The lowest BCUT2D eigenvalue weighted by molar-refractivity contribution is -0.147. The molecule has 7 nitrogen and oxygen atoms in total. The van der Waals surface area contributed by atoms with Gasteiger partial charge in [0.1, 0.15) is 5.41 Å². The number of benzene rings is 1. The third-order valence-electron chi connectivity index (χ3n) is 5.32. The number of nitrogens with zero attached hydrogens (tertiary/aromatic N) is 2. The second kappa shape index (κ2) is 8.11. The second-order valence-corrected chi connectivity index (χ2v) is 7.96. The predicted octanol–water partition coefficient (Wildman–Crippen LogP) is 2.85. The van der Waals surface area contributed by atoms with Gasteiger partial charge in [0.2, 0.25) is 11.8 Å². The Morgan fingerprint density at radius 2 is 1.66 bits per heavy atom. The van der Waals surface area contributed by atoms with Crippen molar-refractivity contribution in [1.29, 1.82) is 0 Å². The second-order valence-electron chi connectivity index (χ2n) is 7.96. The highest BCUT2D eigenvalue weighted by atomic mass is 16.3. The summed E-state index contributed by atoms with van der Waals surface area (Å²) in [6, 6.07) is 9.05. The number of anilines is 1. The summed E-state index contributed by atoms with van der Waals surface area (Å²) < 4.78 is 5.16. The Labute approximate surface area is 170 Å². The monoisotopic (exact) mass is 397 g/mol. The minimum absolute atomic E-state index is 0.186. The van der Waals surface area contributed by atoms with E-state index in [1.54, 1.807) is 35.8 Å². The van der Waals surface area contributed by atoms with Crippen LogP contribution in [-0.2, 0) is 9.59 Å². The van der Waals surface area contributed by atoms with E-state index >= 15 is 0 Å². The molecule has 0 saturated carbocycles. The Morgan fingerprint density at radius 1 is 1.00 bits per heavy atom. The molecule has 1 fully saturated rings. The van der Waals surface area contributed by atoms with E-state index in [1.807, 2.05) is 32.0 Å². The van der Waals surface area contributed by atoms with Crippen LogP contribution >= 0.6 is 0 Å². The fourth-order valence-corrected chi connectivity index (χ4v) is 3.39. The lowest BCUT2D eigenvalue weighted by Crippen LogP contribution is -2.55. The van der Waals surface area contributed by atoms with E-state index in [0.29, 0.717) is 31.9 Å². The van der Waals surface area contributed by atoms with Gasteiger partial charge < -0.3 is 19.5 Å². The van der Waals surface area contributed by atoms with Crippen molar-refractivity contribution in [2.75, 3.05) is 31.5 Å². The maximum Gasteiger partial charge on any atom is 0.289 e. The summed E-state index contributed by atoms with van der Waals surface area (Å²) >= 11 is 0. The van der Waals surface area contributed by atoms with E-state index in [-0.39, 0.29) is 23.5 Å². The van der Waals surface area contributed by atoms with Crippen LogP contribution in [0.1, 0.15) is 35.5 Å². The Morgan fingerprint density at radius 3 is 2.24 bits per heavy atom. The number of rotatable bonds is 4. The maximum absolute atomic E-state index is 13.0. The summed E-state index contributed by atoms with van der Waals surface area (Å²) in [6.45, 7) is 8.75. The van der Waals surface area contributed by atoms with Crippen molar-refractivity contribution in [3.8, 4) is 0 Å². The van der Waals surface area contributed by atoms with Gasteiger partial charge in [0.15, 0.2) is 5.76 Å². The van der Waals surface area contributed by atoms with E-state index in [0.717, 1.165) is 11.1 Å². The molecule has 7 heteroatoms. The molecule has 29 heavy (non-hydrogen) atoms. The quantitative estimate of drug-likeness (QED) is 0.804. The average molecular weight is 397 g/mol. The number of aryl methyl sites for hydroxylation is 2. The molecule has 1 N–H and O–H groups in total. The summed E-state index contributed by atoms with van der Waals surface area (Å²) in [7, 11) is 0. The third-order valence-corrected chi connectivity index (χ3v) is 5.32. The number of carbonyl (C=O) groups excluding carboxylic acids is 3. The minimum Gasteiger partial charge on any atom is -0.459 e. The molecule has 0 bridgehead atoms. The fraction of sp³-hybridized carbons (Fsp3) is 0.409. The standard InChI is InChI=1S/C22H27N3O4/c1-15-7-8-17(16(2)14-15)23-20(27)22(3,4)21(28)25-11-9-24(10-12-25)19(26)18-6-5-13-29-18/h5-8,13-14H,9-12H2,1-4H3,(H,23,27). The Hall–Kier alpha value is -3.09. The van der Waals surface area contributed by atoms with Crippen molar-refractivity contribution in [3.63, 3.8) is 0 Å². The molecule has 0 radical (unpaired) electrons. The SMILES string of the molecule is Cc1ccc(NC(=O)C(C)(C)C(=O)N2CCN(C(=O)c3ccco3)CC2)c(C)c1. The molecule has 0 aliphatic carbocycles. The van der Waals surface area contributed by atoms with Gasteiger partial charge in [0.25, 0.3) is 5.91 Å². The van der Waals surface area contributed by atoms with Gasteiger partial charge in [0, 0.05) is 31.9 Å². The Balaban J connectivity index is 1.61. The number of piperazine rings is 1. The normalized spacial score (nSPS) is 14.6. The molecule has 0 spiro atoms. The van der Waals surface area contributed by atoms with Crippen molar-refractivity contribution < 1.29 is 18.8 Å². The van der Waals surface area contributed by atoms with Crippen LogP contribution in [0.3, 0.4) is 0 Å². The summed E-state index contributed by atoms with van der Waals surface area (Å²) in [4.78, 5) is 41.6. The van der Waals surface area contributed by atoms with Gasteiger partial charge in [0.05, 0.1) is 6.26 Å². The van der Waals surface area contributed by atoms with Crippen molar-refractivity contribution in [2.45, 2.75) is 27.7 Å². The summed E-state index contributed by atoms with van der Waals surface area (Å²) in [5.74, 6) is -0.486. The van der Waals surface area contributed by atoms with Crippen molar-refractivity contribution >= 4 is 23.4 Å². The number of amides is 3. The molecule has 1 aliphatic heterocycles. The molecule has 1 aliphatic rings. The molecule has 2 aromatic rings. The van der Waals surface area contributed by atoms with Gasteiger partial charge in [-0.1, -0.05) is 17.7 Å². The van der Waals surface area contributed by atoms with Crippen LogP contribution in [0, 0.1) is 19.3 Å². The van der Waals surface area contributed by atoms with E-state index in [2.05, 4.69) is 5.32 Å².